The van der Waals surface area contributed by atoms with Gasteiger partial charge in [-0.3, -0.25) is 4.79 Å². The van der Waals surface area contributed by atoms with Crippen LogP contribution in [0.5, 0.6) is 11.5 Å². The summed E-state index contributed by atoms with van der Waals surface area (Å²) in [7, 11) is 3.27. The third-order valence-corrected chi connectivity index (χ3v) is 3.43. The van der Waals surface area contributed by atoms with Crippen molar-refractivity contribution in [1.29, 1.82) is 0 Å². The second-order valence-corrected chi connectivity index (χ2v) is 4.43. The number of hydrogen-bond donors (Lipinski definition) is 0. The van der Waals surface area contributed by atoms with Crippen molar-refractivity contribution in [3.8, 4) is 11.5 Å². The van der Waals surface area contributed by atoms with Crippen molar-refractivity contribution >= 4 is 11.6 Å². The predicted molar refractivity (Wildman–Crippen MR) is 74.0 cm³/mol. The van der Waals surface area contributed by atoms with Gasteiger partial charge in [0, 0.05) is 25.7 Å². The van der Waals surface area contributed by atoms with Crippen LogP contribution in [-0.4, -0.2) is 51.2 Å². The van der Waals surface area contributed by atoms with Gasteiger partial charge >= 0.3 is 0 Å². The number of carbonyl (C=O) groups is 1. The highest BCUT2D eigenvalue weighted by atomic mass is 16.5. The fraction of sp³-hybridized carbons (Fsp3) is 0.500. The summed E-state index contributed by atoms with van der Waals surface area (Å²) in [6.07, 6.45) is 0. The summed E-state index contributed by atoms with van der Waals surface area (Å²) >= 11 is 0. The molecule has 0 unspecified atom stereocenters. The Morgan fingerprint density at radius 3 is 2.58 bits per heavy atom. The Morgan fingerprint density at radius 1 is 1.21 bits per heavy atom. The molecule has 1 aliphatic rings. The summed E-state index contributed by atoms with van der Waals surface area (Å²) in [6, 6.07) is 5.63. The van der Waals surface area contributed by atoms with Crippen LogP contribution in [-0.2, 0) is 4.79 Å². The average Bonchev–Trinajstić information content (AvgIpc) is 2.46. The zero-order valence-corrected chi connectivity index (χ0v) is 11.7. The molecule has 1 aliphatic heterocycles. The second-order valence-electron chi connectivity index (χ2n) is 4.43. The number of anilines is 1. The maximum absolute atomic E-state index is 12.0. The number of amides is 1. The van der Waals surface area contributed by atoms with E-state index in [0.29, 0.717) is 6.54 Å². The lowest BCUT2D eigenvalue weighted by Crippen LogP contribution is -2.50. The number of benzene rings is 1. The minimum atomic E-state index is 0.152. The molecule has 19 heavy (non-hydrogen) atoms. The van der Waals surface area contributed by atoms with Gasteiger partial charge < -0.3 is 19.3 Å². The lowest BCUT2D eigenvalue weighted by molar-refractivity contribution is -0.130. The monoisotopic (exact) mass is 264 g/mol. The lowest BCUT2D eigenvalue weighted by Gasteiger charge is -2.35. The lowest BCUT2D eigenvalue weighted by atomic mass is 10.2. The van der Waals surface area contributed by atoms with Crippen molar-refractivity contribution in [2.24, 2.45) is 0 Å². The van der Waals surface area contributed by atoms with Crippen molar-refractivity contribution in [2.75, 3.05) is 45.3 Å². The van der Waals surface area contributed by atoms with E-state index in [1.54, 1.807) is 14.2 Å². The maximum Gasteiger partial charge on any atom is 0.242 e. The standard InChI is InChI=1S/C14H20N2O3/c1-4-15-7-8-16(10-14(15)17)12-9-11(18-2)5-6-13(12)19-3/h5-6,9H,4,7-8,10H2,1-3H3. The topological polar surface area (TPSA) is 42.0 Å². The van der Waals surface area contributed by atoms with Crippen molar-refractivity contribution in [3.05, 3.63) is 18.2 Å². The highest BCUT2D eigenvalue weighted by Gasteiger charge is 2.24. The molecule has 5 heteroatoms. The number of nitrogens with zero attached hydrogens (tertiary/aromatic N) is 2. The Hall–Kier alpha value is -1.91. The SMILES string of the molecule is CCN1CCN(c2cc(OC)ccc2OC)CC1=O. The molecular formula is C14H20N2O3. The van der Waals surface area contributed by atoms with E-state index in [1.165, 1.54) is 0 Å². The number of methoxy groups -OCH3 is 2. The van der Waals surface area contributed by atoms with Crippen molar-refractivity contribution < 1.29 is 14.3 Å². The van der Waals surface area contributed by atoms with Gasteiger partial charge in [0.05, 0.1) is 26.5 Å². The number of ether oxygens (including phenoxy) is 2. The first-order chi connectivity index (χ1) is 9.19. The van der Waals surface area contributed by atoms with Gasteiger partial charge in [-0.15, -0.1) is 0 Å². The minimum absolute atomic E-state index is 0.152. The molecular weight excluding hydrogens is 244 g/mol. The molecule has 0 bridgehead atoms. The van der Waals surface area contributed by atoms with E-state index in [4.69, 9.17) is 9.47 Å². The molecule has 1 saturated heterocycles. The van der Waals surface area contributed by atoms with Crippen LogP contribution in [0.2, 0.25) is 0 Å². The van der Waals surface area contributed by atoms with Crippen molar-refractivity contribution in [1.82, 2.24) is 4.90 Å². The van der Waals surface area contributed by atoms with Gasteiger partial charge in [0.2, 0.25) is 5.91 Å². The van der Waals surface area contributed by atoms with E-state index >= 15 is 0 Å². The van der Waals surface area contributed by atoms with Crippen LogP contribution in [0.3, 0.4) is 0 Å². The Kier molecular flexibility index (Phi) is 4.14. The zero-order valence-electron chi connectivity index (χ0n) is 11.7. The molecule has 0 saturated carbocycles. The quantitative estimate of drug-likeness (QED) is 0.824. The molecule has 1 heterocycles. The maximum atomic E-state index is 12.0. The first-order valence-corrected chi connectivity index (χ1v) is 6.44. The molecule has 0 aliphatic carbocycles. The van der Waals surface area contributed by atoms with Crippen LogP contribution >= 0.6 is 0 Å². The van der Waals surface area contributed by atoms with Gasteiger partial charge in [-0.05, 0) is 19.1 Å². The first kappa shape index (κ1) is 13.5. The molecule has 1 aromatic carbocycles. The van der Waals surface area contributed by atoms with Crippen molar-refractivity contribution in [2.45, 2.75) is 6.92 Å². The predicted octanol–water partition coefficient (Wildman–Crippen LogP) is 1.37. The van der Waals surface area contributed by atoms with E-state index in [2.05, 4.69) is 0 Å². The molecule has 5 nitrogen and oxygen atoms in total. The van der Waals surface area contributed by atoms with Crippen molar-refractivity contribution in [3.63, 3.8) is 0 Å². The van der Waals surface area contributed by atoms with Gasteiger partial charge in [0.1, 0.15) is 11.5 Å². The molecule has 0 radical (unpaired) electrons. The average molecular weight is 264 g/mol. The number of carbonyl (C=O) groups excluding carboxylic acids is 1. The van der Waals surface area contributed by atoms with Gasteiger partial charge in [-0.25, -0.2) is 0 Å². The highest BCUT2D eigenvalue weighted by Crippen LogP contribution is 2.32. The van der Waals surface area contributed by atoms with Crippen LogP contribution < -0.4 is 14.4 Å². The molecule has 0 N–H and O–H groups in total. The van der Waals surface area contributed by atoms with Crippen LogP contribution in [0.15, 0.2) is 18.2 Å². The summed E-state index contributed by atoms with van der Waals surface area (Å²) in [4.78, 5) is 15.9. The Bertz CT molecular complexity index is 462. The Labute approximate surface area is 113 Å². The van der Waals surface area contributed by atoms with Crippen LogP contribution in [0.25, 0.3) is 0 Å². The number of rotatable bonds is 4. The third kappa shape index (κ3) is 2.75. The number of likely N-dealkylation sites (N-methyl/N-ethyl adjacent to an activating group) is 1. The molecule has 0 spiro atoms. The zero-order chi connectivity index (χ0) is 13.8. The summed E-state index contributed by atoms with van der Waals surface area (Å²) < 4.78 is 10.6. The molecule has 1 amide bonds. The smallest absolute Gasteiger partial charge is 0.242 e. The number of piperazine rings is 1. The number of hydrogen-bond acceptors (Lipinski definition) is 4. The first-order valence-electron chi connectivity index (χ1n) is 6.44. The second kappa shape index (κ2) is 5.82. The minimum Gasteiger partial charge on any atom is -0.497 e. The third-order valence-electron chi connectivity index (χ3n) is 3.43. The molecule has 104 valence electrons. The van der Waals surface area contributed by atoms with Gasteiger partial charge in [0.15, 0.2) is 0 Å². The van der Waals surface area contributed by atoms with Gasteiger partial charge in [-0.1, -0.05) is 0 Å². The fourth-order valence-electron chi connectivity index (χ4n) is 2.29. The molecule has 0 atom stereocenters. The summed E-state index contributed by atoms with van der Waals surface area (Å²) in [5.41, 5.74) is 0.908. The van der Waals surface area contributed by atoms with Crippen LogP contribution in [0.1, 0.15) is 6.92 Å². The fourth-order valence-corrected chi connectivity index (χ4v) is 2.29. The van der Waals surface area contributed by atoms with E-state index in [-0.39, 0.29) is 5.91 Å². The van der Waals surface area contributed by atoms with E-state index in [0.717, 1.165) is 36.8 Å². The normalized spacial score (nSPS) is 15.6. The Balaban J connectivity index is 2.24. The van der Waals surface area contributed by atoms with E-state index in [9.17, 15) is 4.79 Å². The largest absolute Gasteiger partial charge is 0.497 e. The van der Waals surface area contributed by atoms with Crippen LogP contribution in [0, 0.1) is 0 Å². The molecule has 0 aromatic heterocycles. The Morgan fingerprint density at radius 2 is 2.00 bits per heavy atom. The molecule has 1 aromatic rings. The summed E-state index contributed by atoms with van der Waals surface area (Å²) in [5.74, 6) is 1.68. The van der Waals surface area contributed by atoms with Gasteiger partial charge in [-0.2, -0.15) is 0 Å². The highest BCUT2D eigenvalue weighted by molar-refractivity contribution is 5.83. The molecule has 1 fully saturated rings. The summed E-state index contributed by atoms with van der Waals surface area (Å²) in [6.45, 7) is 4.71. The van der Waals surface area contributed by atoms with Gasteiger partial charge in [0.25, 0.3) is 0 Å². The molecule has 2 rings (SSSR count). The summed E-state index contributed by atoms with van der Waals surface area (Å²) in [5, 5.41) is 0. The van der Waals surface area contributed by atoms with E-state index in [1.807, 2.05) is 34.9 Å². The van der Waals surface area contributed by atoms with Crippen LogP contribution in [0.4, 0.5) is 5.69 Å². The van der Waals surface area contributed by atoms with E-state index < -0.39 is 0 Å².